The molecule has 0 unspecified atom stereocenters. The lowest BCUT2D eigenvalue weighted by Gasteiger charge is -2.09. The van der Waals surface area contributed by atoms with E-state index in [2.05, 4.69) is 32.7 Å². The molecule has 17 heavy (non-hydrogen) atoms. The van der Waals surface area contributed by atoms with Gasteiger partial charge in [-0.15, -0.1) is 0 Å². The van der Waals surface area contributed by atoms with Crippen molar-refractivity contribution in [3.05, 3.63) is 22.5 Å². The SMILES string of the molecule is CC(C)c1nc2sc(C(=O)O)cn2c1C(C)C. The Balaban J connectivity index is 2.68. The normalized spacial score (nSPS) is 11.9. The number of imidazole rings is 1. The zero-order valence-electron chi connectivity index (χ0n) is 10.4. The van der Waals surface area contributed by atoms with E-state index in [1.54, 1.807) is 6.20 Å². The van der Waals surface area contributed by atoms with Gasteiger partial charge in [-0.1, -0.05) is 39.0 Å². The number of carboxylic acids is 1. The summed E-state index contributed by atoms with van der Waals surface area (Å²) in [7, 11) is 0. The molecule has 0 saturated carbocycles. The Labute approximate surface area is 104 Å². The van der Waals surface area contributed by atoms with Crippen LogP contribution in [0.15, 0.2) is 6.20 Å². The Bertz CT molecular complexity index is 566. The number of fused-ring (bicyclic) bond motifs is 1. The van der Waals surface area contributed by atoms with Crippen LogP contribution < -0.4 is 0 Å². The molecule has 92 valence electrons. The van der Waals surface area contributed by atoms with Crippen LogP contribution in [0.4, 0.5) is 0 Å². The molecule has 5 heteroatoms. The predicted octanol–water partition coefficient (Wildman–Crippen LogP) is 3.34. The summed E-state index contributed by atoms with van der Waals surface area (Å²) >= 11 is 1.23. The molecular formula is C12H16N2O2S. The summed E-state index contributed by atoms with van der Waals surface area (Å²) in [4.78, 5) is 16.6. The van der Waals surface area contributed by atoms with Crippen LogP contribution in [0.5, 0.6) is 0 Å². The van der Waals surface area contributed by atoms with Crippen molar-refractivity contribution in [1.29, 1.82) is 0 Å². The maximum atomic E-state index is 10.9. The Morgan fingerprint density at radius 2 is 2.00 bits per heavy atom. The fourth-order valence-corrected chi connectivity index (χ4v) is 2.81. The lowest BCUT2D eigenvalue weighted by molar-refractivity contribution is 0.0701. The summed E-state index contributed by atoms with van der Waals surface area (Å²) in [5.41, 5.74) is 2.20. The first-order valence-corrected chi connectivity index (χ1v) is 6.48. The molecule has 0 atom stereocenters. The minimum atomic E-state index is -0.888. The standard InChI is InChI=1S/C12H16N2O2S/c1-6(2)9-10(7(3)4)14-5-8(11(15)16)17-12(14)13-9/h5-7H,1-4H3,(H,15,16). The molecule has 0 spiro atoms. The van der Waals surface area contributed by atoms with E-state index >= 15 is 0 Å². The molecule has 0 radical (unpaired) electrons. The van der Waals surface area contributed by atoms with Gasteiger partial charge < -0.3 is 5.11 Å². The van der Waals surface area contributed by atoms with E-state index in [1.807, 2.05) is 4.40 Å². The average molecular weight is 252 g/mol. The molecule has 2 aromatic heterocycles. The highest BCUT2D eigenvalue weighted by molar-refractivity contribution is 7.18. The van der Waals surface area contributed by atoms with Crippen LogP contribution in [0.3, 0.4) is 0 Å². The van der Waals surface area contributed by atoms with Crippen molar-refractivity contribution >= 4 is 22.3 Å². The topological polar surface area (TPSA) is 54.6 Å². The minimum absolute atomic E-state index is 0.332. The molecule has 0 aromatic carbocycles. The molecule has 2 rings (SSSR count). The van der Waals surface area contributed by atoms with Gasteiger partial charge in [-0.3, -0.25) is 4.40 Å². The van der Waals surface area contributed by atoms with Gasteiger partial charge in [-0.25, -0.2) is 9.78 Å². The highest BCUT2D eigenvalue weighted by Crippen LogP contribution is 2.30. The Morgan fingerprint density at radius 3 is 2.47 bits per heavy atom. The van der Waals surface area contributed by atoms with Gasteiger partial charge in [0.15, 0.2) is 4.96 Å². The largest absolute Gasteiger partial charge is 0.477 e. The van der Waals surface area contributed by atoms with Crippen LogP contribution in [0, 0.1) is 0 Å². The maximum absolute atomic E-state index is 10.9. The van der Waals surface area contributed by atoms with Crippen molar-refractivity contribution in [3.63, 3.8) is 0 Å². The van der Waals surface area contributed by atoms with Crippen LogP contribution in [0.1, 0.15) is 60.6 Å². The molecule has 2 heterocycles. The second kappa shape index (κ2) is 4.14. The molecule has 2 aromatic rings. The van der Waals surface area contributed by atoms with Gasteiger partial charge in [-0.05, 0) is 11.8 Å². The lowest BCUT2D eigenvalue weighted by atomic mass is 10.0. The number of hydrogen-bond donors (Lipinski definition) is 1. The number of nitrogens with zero attached hydrogens (tertiary/aromatic N) is 2. The average Bonchev–Trinajstić information content (AvgIpc) is 2.71. The number of thiazole rings is 1. The lowest BCUT2D eigenvalue weighted by Crippen LogP contribution is -2.01. The van der Waals surface area contributed by atoms with Gasteiger partial charge in [0.05, 0.1) is 5.69 Å². The van der Waals surface area contributed by atoms with E-state index in [-0.39, 0.29) is 0 Å². The highest BCUT2D eigenvalue weighted by Gasteiger charge is 2.20. The first-order valence-electron chi connectivity index (χ1n) is 5.66. The molecule has 0 bridgehead atoms. The van der Waals surface area contributed by atoms with Gasteiger partial charge >= 0.3 is 5.97 Å². The fourth-order valence-electron chi connectivity index (χ4n) is 1.98. The molecule has 0 aliphatic carbocycles. The molecule has 4 nitrogen and oxygen atoms in total. The van der Waals surface area contributed by atoms with Gasteiger partial charge in [-0.2, -0.15) is 0 Å². The zero-order valence-corrected chi connectivity index (χ0v) is 11.2. The van der Waals surface area contributed by atoms with Crippen molar-refractivity contribution in [2.24, 2.45) is 0 Å². The number of carbonyl (C=O) groups is 1. The number of rotatable bonds is 3. The summed E-state index contributed by atoms with van der Waals surface area (Å²) in [5, 5.41) is 8.98. The van der Waals surface area contributed by atoms with E-state index in [9.17, 15) is 4.79 Å². The van der Waals surface area contributed by atoms with Crippen molar-refractivity contribution in [1.82, 2.24) is 9.38 Å². The molecule has 1 N–H and O–H groups in total. The summed E-state index contributed by atoms with van der Waals surface area (Å²) in [5.74, 6) is -0.201. The number of carboxylic acid groups (broad SMARTS) is 1. The van der Waals surface area contributed by atoms with Gasteiger partial charge in [0.2, 0.25) is 0 Å². The van der Waals surface area contributed by atoms with Crippen LogP contribution in [0.2, 0.25) is 0 Å². The Kier molecular flexibility index (Phi) is 2.95. The van der Waals surface area contributed by atoms with Crippen molar-refractivity contribution in [2.75, 3.05) is 0 Å². The van der Waals surface area contributed by atoms with Gasteiger partial charge in [0.1, 0.15) is 4.88 Å². The molecular weight excluding hydrogens is 236 g/mol. The Hall–Kier alpha value is -1.36. The summed E-state index contributed by atoms with van der Waals surface area (Å²) in [6, 6.07) is 0. The van der Waals surface area contributed by atoms with E-state index in [0.717, 1.165) is 16.3 Å². The quantitative estimate of drug-likeness (QED) is 0.911. The maximum Gasteiger partial charge on any atom is 0.347 e. The van der Waals surface area contributed by atoms with Gasteiger partial charge in [0, 0.05) is 11.9 Å². The van der Waals surface area contributed by atoms with Gasteiger partial charge in [0.25, 0.3) is 0 Å². The zero-order chi connectivity index (χ0) is 12.7. The monoisotopic (exact) mass is 252 g/mol. The van der Waals surface area contributed by atoms with Crippen molar-refractivity contribution < 1.29 is 9.90 Å². The van der Waals surface area contributed by atoms with E-state index in [4.69, 9.17) is 5.11 Å². The van der Waals surface area contributed by atoms with Crippen molar-refractivity contribution in [2.45, 2.75) is 39.5 Å². The molecule has 0 aliphatic rings. The first-order chi connectivity index (χ1) is 7.91. The van der Waals surface area contributed by atoms with Crippen LogP contribution in [0.25, 0.3) is 4.96 Å². The van der Waals surface area contributed by atoms with Crippen molar-refractivity contribution in [3.8, 4) is 0 Å². The van der Waals surface area contributed by atoms with Crippen LogP contribution >= 0.6 is 11.3 Å². The summed E-state index contributed by atoms with van der Waals surface area (Å²) < 4.78 is 1.92. The third-order valence-electron chi connectivity index (χ3n) is 2.70. The highest BCUT2D eigenvalue weighted by atomic mass is 32.1. The van der Waals surface area contributed by atoms with Crippen LogP contribution in [-0.2, 0) is 0 Å². The summed E-state index contributed by atoms with van der Waals surface area (Å²) in [6.07, 6.45) is 1.68. The molecule has 0 amide bonds. The van der Waals surface area contributed by atoms with E-state index in [0.29, 0.717) is 16.7 Å². The number of aromatic carboxylic acids is 1. The minimum Gasteiger partial charge on any atom is -0.477 e. The second-order valence-electron chi connectivity index (χ2n) is 4.74. The molecule has 0 fully saturated rings. The fraction of sp³-hybridized carbons (Fsp3) is 0.500. The summed E-state index contributed by atoms with van der Waals surface area (Å²) in [6.45, 7) is 8.42. The third kappa shape index (κ3) is 1.95. The second-order valence-corrected chi connectivity index (χ2v) is 5.75. The number of aromatic nitrogens is 2. The molecule has 0 aliphatic heterocycles. The van der Waals surface area contributed by atoms with E-state index in [1.165, 1.54) is 11.3 Å². The first kappa shape index (κ1) is 12.1. The van der Waals surface area contributed by atoms with Crippen LogP contribution in [-0.4, -0.2) is 20.5 Å². The predicted molar refractivity (Wildman–Crippen MR) is 68.2 cm³/mol. The van der Waals surface area contributed by atoms with E-state index < -0.39 is 5.97 Å². The smallest absolute Gasteiger partial charge is 0.347 e. The third-order valence-corrected chi connectivity index (χ3v) is 3.67. The molecule has 0 saturated heterocycles. The number of hydrogen-bond acceptors (Lipinski definition) is 3. The Morgan fingerprint density at radius 1 is 1.35 bits per heavy atom.